The van der Waals surface area contributed by atoms with E-state index in [-0.39, 0.29) is 0 Å². The molecule has 0 fully saturated rings. The molecule has 0 aliphatic rings. The Morgan fingerprint density at radius 2 is 1.62 bits per heavy atom. The zero-order valence-electron chi connectivity index (χ0n) is 16.6. The van der Waals surface area contributed by atoms with Crippen LogP contribution in [0.5, 0.6) is 0 Å². The van der Waals surface area contributed by atoms with Gasteiger partial charge in [0.2, 0.25) is 0 Å². The van der Waals surface area contributed by atoms with Crippen molar-refractivity contribution >= 4 is 38.5 Å². The van der Waals surface area contributed by atoms with Crippen LogP contribution in [0, 0.1) is 0 Å². The molecule has 0 aliphatic heterocycles. The van der Waals surface area contributed by atoms with Crippen molar-refractivity contribution in [3.63, 3.8) is 0 Å². The molecule has 0 saturated heterocycles. The number of anilines is 1. The molecule has 0 bridgehead atoms. The highest BCUT2D eigenvalue weighted by atomic mass is 15.1. The topological polar surface area (TPSA) is 56.7 Å². The molecule has 0 aliphatic carbocycles. The summed E-state index contributed by atoms with van der Waals surface area (Å²) >= 11 is 0. The van der Waals surface area contributed by atoms with Gasteiger partial charge in [0.15, 0.2) is 5.82 Å². The second-order valence-electron chi connectivity index (χ2n) is 7.61. The third-order valence-electron chi connectivity index (χ3n) is 5.59. The summed E-state index contributed by atoms with van der Waals surface area (Å²) in [5.41, 5.74) is 10.5. The van der Waals surface area contributed by atoms with Gasteiger partial charge in [-0.3, -0.25) is 0 Å². The molecular weight excluding hydrogens is 356 g/mol. The molecule has 2 heterocycles. The van der Waals surface area contributed by atoms with E-state index >= 15 is 0 Å². The number of imidazole rings is 1. The number of fused-ring (bicyclic) bond motifs is 4. The first-order chi connectivity index (χ1) is 14.2. The van der Waals surface area contributed by atoms with Crippen molar-refractivity contribution in [1.29, 1.82) is 0 Å². The number of nitrogens with two attached hydrogens (primary N) is 1. The summed E-state index contributed by atoms with van der Waals surface area (Å²) in [5, 5.41) is 3.49. The van der Waals surface area contributed by atoms with Gasteiger partial charge in [0.05, 0.1) is 11.0 Å². The van der Waals surface area contributed by atoms with Crippen LogP contribution in [0.4, 0.5) is 5.82 Å². The van der Waals surface area contributed by atoms with Gasteiger partial charge in [-0.2, -0.15) is 0 Å². The molecule has 0 unspecified atom stereocenters. The van der Waals surface area contributed by atoms with Crippen molar-refractivity contribution < 1.29 is 0 Å². The lowest BCUT2D eigenvalue weighted by Crippen LogP contribution is -2.06. The predicted molar refractivity (Wildman–Crippen MR) is 121 cm³/mol. The standard InChI is InChI=1S/C25H24N4/c1-2-3-13-22-28-23-24(29(22)16-17-9-5-4-6-10-17)20-14-18-11-7-8-12-19(18)15-21(20)27-25(23)26/h4-12,14-15H,2-3,13,16H2,1H3,(H2,26,27). The highest BCUT2D eigenvalue weighted by Crippen LogP contribution is 2.32. The Morgan fingerprint density at radius 3 is 2.38 bits per heavy atom. The van der Waals surface area contributed by atoms with Crippen molar-refractivity contribution in [2.24, 2.45) is 0 Å². The number of hydrogen-bond acceptors (Lipinski definition) is 3. The number of hydrogen-bond donors (Lipinski definition) is 1. The van der Waals surface area contributed by atoms with Gasteiger partial charge in [-0.1, -0.05) is 67.9 Å². The molecule has 0 amide bonds. The summed E-state index contributed by atoms with van der Waals surface area (Å²) in [6.45, 7) is 2.99. The second kappa shape index (κ2) is 7.21. The lowest BCUT2D eigenvalue weighted by atomic mass is 10.1. The Morgan fingerprint density at radius 1 is 0.897 bits per heavy atom. The summed E-state index contributed by atoms with van der Waals surface area (Å²) in [4.78, 5) is 9.65. The number of rotatable bonds is 5. The maximum absolute atomic E-state index is 6.38. The van der Waals surface area contributed by atoms with Crippen LogP contribution in [0.1, 0.15) is 31.2 Å². The average Bonchev–Trinajstić information content (AvgIpc) is 3.11. The molecule has 5 aromatic rings. The fourth-order valence-corrected chi connectivity index (χ4v) is 4.11. The molecule has 0 saturated carbocycles. The second-order valence-corrected chi connectivity index (χ2v) is 7.61. The number of benzene rings is 3. The maximum atomic E-state index is 6.38. The first-order valence-electron chi connectivity index (χ1n) is 10.3. The molecule has 4 nitrogen and oxygen atoms in total. The van der Waals surface area contributed by atoms with Crippen LogP contribution < -0.4 is 5.73 Å². The third kappa shape index (κ3) is 3.11. The molecule has 2 aromatic heterocycles. The SMILES string of the molecule is CCCCc1nc2c(N)nc3cc4ccccc4cc3c2n1Cc1ccccc1. The van der Waals surface area contributed by atoms with Crippen LogP contribution in [0.25, 0.3) is 32.7 Å². The molecule has 144 valence electrons. The van der Waals surface area contributed by atoms with Crippen molar-refractivity contribution in [2.75, 3.05) is 5.73 Å². The predicted octanol–water partition coefficient (Wildman–Crippen LogP) is 5.71. The third-order valence-corrected chi connectivity index (χ3v) is 5.59. The highest BCUT2D eigenvalue weighted by Gasteiger charge is 2.18. The number of aryl methyl sites for hydroxylation is 1. The van der Waals surface area contributed by atoms with Gasteiger partial charge >= 0.3 is 0 Å². The Labute approximate surface area is 170 Å². The van der Waals surface area contributed by atoms with E-state index in [1.807, 2.05) is 0 Å². The minimum atomic E-state index is 0.507. The first kappa shape index (κ1) is 17.7. The maximum Gasteiger partial charge on any atom is 0.152 e. The van der Waals surface area contributed by atoms with Crippen LogP contribution in [0.3, 0.4) is 0 Å². The Balaban J connectivity index is 1.83. The molecule has 0 radical (unpaired) electrons. The smallest absolute Gasteiger partial charge is 0.152 e. The fourth-order valence-electron chi connectivity index (χ4n) is 4.11. The highest BCUT2D eigenvalue weighted by molar-refractivity contribution is 6.11. The Hall–Kier alpha value is -3.40. The van der Waals surface area contributed by atoms with Gasteiger partial charge in [-0.05, 0) is 34.9 Å². The molecule has 0 spiro atoms. The molecule has 2 N–H and O–H groups in total. The van der Waals surface area contributed by atoms with E-state index in [1.165, 1.54) is 16.3 Å². The summed E-state index contributed by atoms with van der Waals surface area (Å²) in [5.74, 6) is 1.59. The summed E-state index contributed by atoms with van der Waals surface area (Å²) in [7, 11) is 0. The summed E-state index contributed by atoms with van der Waals surface area (Å²) in [6, 6.07) is 23.3. The van der Waals surface area contributed by atoms with Crippen LogP contribution in [0.2, 0.25) is 0 Å². The monoisotopic (exact) mass is 380 g/mol. The molecular formula is C25H24N4. The van der Waals surface area contributed by atoms with E-state index in [9.17, 15) is 0 Å². The lowest BCUT2D eigenvalue weighted by molar-refractivity contribution is 0.691. The number of nitrogen functional groups attached to an aromatic ring is 1. The van der Waals surface area contributed by atoms with Crippen molar-refractivity contribution in [3.05, 3.63) is 78.1 Å². The molecule has 4 heteroatoms. The molecule has 3 aromatic carbocycles. The van der Waals surface area contributed by atoms with Crippen molar-refractivity contribution in [3.8, 4) is 0 Å². The van der Waals surface area contributed by atoms with Gasteiger partial charge in [0, 0.05) is 18.4 Å². The van der Waals surface area contributed by atoms with Crippen LogP contribution >= 0.6 is 0 Å². The number of unbranched alkanes of at least 4 members (excludes halogenated alkanes) is 1. The lowest BCUT2D eigenvalue weighted by Gasteiger charge is -2.12. The summed E-state index contributed by atoms with van der Waals surface area (Å²) in [6.07, 6.45) is 3.17. The van der Waals surface area contributed by atoms with Crippen LogP contribution in [-0.4, -0.2) is 14.5 Å². The number of nitrogens with zero attached hydrogens (tertiary/aromatic N) is 3. The quantitative estimate of drug-likeness (QED) is 0.397. The zero-order chi connectivity index (χ0) is 19.8. The first-order valence-corrected chi connectivity index (χ1v) is 10.3. The minimum absolute atomic E-state index is 0.507. The molecule has 5 rings (SSSR count). The number of pyridine rings is 1. The van der Waals surface area contributed by atoms with Crippen molar-refractivity contribution in [2.45, 2.75) is 32.7 Å². The Bertz CT molecular complexity index is 1320. The summed E-state index contributed by atoms with van der Waals surface area (Å²) < 4.78 is 2.34. The van der Waals surface area contributed by atoms with Gasteiger partial charge in [0.1, 0.15) is 11.3 Å². The van der Waals surface area contributed by atoms with E-state index in [0.717, 1.165) is 53.6 Å². The zero-order valence-corrected chi connectivity index (χ0v) is 16.6. The van der Waals surface area contributed by atoms with E-state index in [2.05, 4.69) is 78.2 Å². The van der Waals surface area contributed by atoms with Crippen LogP contribution in [-0.2, 0) is 13.0 Å². The van der Waals surface area contributed by atoms with Gasteiger partial charge in [-0.25, -0.2) is 9.97 Å². The Kier molecular flexibility index (Phi) is 4.39. The van der Waals surface area contributed by atoms with E-state index < -0.39 is 0 Å². The normalized spacial score (nSPS) is 11.6. The average molecular weight is 380 g/mol. The van der Waals surface area contributed by atoms with Gasteiger partial charge < -0.3 is 10.3 Å². The molecule has 0 atom stereocenters. The number of aromatic nitrogens is 3. The largest absolute Gasteiger partial charge is 0.382 e. The van der Waals surface area contributed by atoms with E-state index in [1.54, 1.807) is 0 Å². The minimum Gasteiger partial charge on any atom is -0.382 e. The molecule has 29 heavy (non-hydrogen) atoms. The van der Waals surface area contributed by atoms with Gasteiger partial charge in [0.25, 0.3) is 0 Å². The van der Waals surface area contributed by atoms with E-state index in [4.69, 9.17) is 15.7 Å². The fraction of sp³-hybridized carbons (Fsp3) is 0.200. The van der Waals surface area contributed by atoms with E-state index in [0.29, 0.717) is 5.82 Å². The van der Waals surface area contributed by atoms with Crippen molar-refractivity contribution in [1.82, 2.24) is 14.5 Å². The van der Waals surface area contributed by atoms with Gasteiger partial charge in [-0.15, -0.1) is 0 Å². The van der Waals surface area contributed by atoms with Crippen LogP contribution in [0.15, 0.2) is 66.7 Å².